The monoisotopic (exact) mass is 388 g/mol. The zero-order valence-electron chi connectivity index (χ0n) is 15.6. The fourth-order valence-corrected chi connectivity index (χ4v) is 3.03. The lowest BCUT2D eigenvalue weighted by Crippen LogP contribution is -2.48. The lowest BCUT2D eigenvalue weighted by atomic mass is 10.2. The predicted molar refractivity (Wildman–Crippen MR) is 104 cm³/mol. The van der Waals surface area contributed by atoms with Crippen molar-refractivity contribution in [3.05, 3.63) is 60.2 Å². The Kier molecular flexibility index (Phi) is 6.47. The molecular weight excluding hydrogens is 366 g/mol. The molecule has 1 aliphatic heterocycles. The van der Waals surface area contributed by atoms with Crippen molar-refractivity contribution in [2.45, 2.75) is 6.61 Å². The van der Waals surface area contributed by atoms with E-state index in [2.05, 4.69) is 9.64 Å². The minimum atomic E-state index is -2.85. The number of hydrogen-bond donors (Lipinski definition) is 0. The number of rotatable bonds is 6. The molecule has 3 rings (SSSR count). The lowest BCUT2D eigenvalue weighted by molar-refractivity contribution is -0.126. The summed E-state index contributed by atoms with van der Waals surface area (Å²) < 4.78 is 33.9. The Morgan fingerprint density at radius 3 is 2.39 bits per heavy atom. The van der Waals surface area contributed by atoms with Gasteiger partial charge < -0.3 is 19.3 Å². The van der Waals surface area contributed by atoms with Gasteiger partial charge in [0.1, 0.15) is 11.5 Å². The van der Waals surface area contributed by atoms with Crippen molar-refractivity contribution in [1.82, 2.24) is 4.90 Å². The van der Waals surface area contributed by atoms with Gasteiger partial charge in [-0.05, 0) is 35.9 Å². The van der Waals surface area contributed by atoms with Crippen LogP contribution < -0.4 is 14.4 Å². The minimum absolute atomic E-state index is 0.0711. The molecule has 1 amide bonds. The summed E-state index contributed by atoms with van der Waals surface area (Å²) in [6.07, 6.45) is 3.17. The second kappa shape index (κ2) is 9.21. The van der Waals surface area contributed by atoms with Gasteiger partial charge in [0, 0.05) is 44.0 Å². The number of anilines is 1. The van der Waals surface area contributed by atoms with Gasteiger partial charge in [-0.25, -0.2) is 0 Å². The number of methoxy groups -OCH3 is 1. The minimum Gasteiger partial charge on any atom is -0.497 e. The largest absolute Gasteiger partial charge is 0.497 e. The van der Waals surface area contributed by atoms with Crippen molar-refractivity contribution in [3.63, 3.8) is 0 Å². The van der Waals surface area contributed by atoms with Crippen molar-refractivity contribution in [3.8, 4) is 11.5 Å². The van der Waals surface area contributed by atoms with Gasteiger partial charge in [-0.15, -0.1) is 0 Å². The maximum absolute atomic E-state index is 12.4. The van der Waals surface area contributed by atoms with E-state index in [0.717, 1.165) is 30.1 Å². The van der Waals surface area contributed by atoms with Gasteiger partial charge in [-0.3, -0.25) is 4.79 Å². The van der Waals surface area contributed by atoms with E-state index in [1.165, 1.54) is 18.2 Å². The van der Waals surface area contributed by atoms with E-state index in [1.807, 2.05) is 24.3 Å². The summed E-state index contributed by atoms with van der Waals surface area (Å²) in [5.74, 6) is 0.828. The van der Waals surface area contributed by atoms with Crippen LogP contribution in [0.1, 0.15) is 5.56 Å². The van der Waals surface area contributed by atoms with Crippen molar-refractivity contribution >= 4 is 17.7 Å². The quantitative estimate of drug-likeness (QED) is 0.709. The van der Waals surface area contributed by atoms with Crippen LogP contribution in [-0.2, 0) is 4.79 Å². The molecule has 1 aliphatic rings. The Morgan fingerprint density at radius 1 is 1.04 bits per heavy atom. The average Bonchev–Trinajstić information content (AvgIpc) is 2.73. The van der Waals surface area contributed by atoms with E-state index >= 15 is 0 Å². The highest BCUT2D eigenvalue weighted by Gasteiger charge is 2.20. The van der Waals surface area contributed by atoms with Gasteiger partial charge in [0.2, 0.25) is 5.91 Å². The number of ether oxygens (including phenoxy) is 2. The van der Waals surface area contributed by atoms with Crippen LogP contribution in [0.2, 0.25) is 0 Å². The lowest BCUT2D eigenvalue weighted by Gasteiger charge is -2.35. The summed E-state index contributed by atoms with van der Waals surface area (Å²) >= 11 is 0. The first-order chi connectivity index (χ1) is 13.5. The van der Waals surface area contributed by atoms with Gasteiger partial charge in [-0.2, -0.15) is 8.78 Å². The molecule has 0 atom stereocenters. The number of hydrogen-bond acceptors (Lipinski definition) is 4. The van der Waals surface area contributed by atoms with E-state index < -0.39 is 6.61 Å². The second-order valence-electron chi connectivity index (χ2n) is 6.29. The molecule has 0 N–H and O–H groups in total. The van der Waals surface area contributed by atoms with Crippen LogP contribution >= 0.6 is 0 Å². The molecule has 0 unspecified atom stereocenters. The molecule has 0 aromatic heterocycles. The van der Waals surface area contributed by atoms with Crippen LogP contribution in [-0.4, -0.2) is 50.7 Å². The molecule has 5 nitrogen and oxygen atoms in total. The van der Waals surface area contributed by atoms with Crippen molar-refractivity contribution < 1.29 is 23.0 Å². The number of benzene rings is 2. The van der Waals surface area contributed by atoms with Crippen LogP contribution in [0.5, 0.6) is 11.5 Å². The van der Waals surface area contributed by atoms with E-state index in [9.17, 15) is 13.6 Å². The molecular formula is C21H22F2N2O3. The summed E-state index contributed by atoms with van der Waals surface area (Å²) in [5.41, 5.74) is 1.82. The maximum Gasteiger partial charge on any atom is 0.387 e. The third-order valence-corrected chi connectivity index (χ3v) is 4.53. The van der Waals surface area contributed by atoms with Crippen LogP contribution in [0.4, 0.5) is 14.5 Å². The highest BCUT2D eigenvalue weighted by Crippen LogP contribution is 2.22. The van der Waals surface area contributed by atoms with E-state index in [0.29, 0.717) is 13.1 Å². The van der Waals surface area contributed by atoms with Gasteiger partial charge in [0.25, 0.3) is 0 Å². The average molecular weight is 388 g/mol. The van der Waals surface area contributed by atoms with Crippen LogP contribution in [0.3, 0.4) is 0 Å². The van der Waals surface area contributed by atoms with Crippen LogP contribution in [0.15, 0.2) is 54.6 Å². The van der Waals surface area contributed by atoms with Crippen LogP contribution in [0.25, 0.3) is 6.08 Å². The molecule has 28 heavy (non-hydrogen) atoms. The topological polar surface area (TPSA) is 42.0 Å². The second-order valence-corrected chi connectivity index (χ2v) is 6.29. The normalized spacial score (nSPS) is 14.6. The molecule has 0 saturated carbocycles. The Morgan fingerprint density at radius 2 is 1.75 bits per heavy atom. The third kappa shape index (κ3) is 5.22. The number of halogens is 2. The fraction of sp³-hybridized carbons (Fsp3) is 0.286. The number of carbonyl (C=O) groups excluding carboxylic acids is 1. The Bertz CT molecular complexity index is 817. The number of piperazine rings is 1. The molecule has 148 valence electrons. The summed E-state index contributed by atoms with van der Waals surface area (Å²) in [7, 11) is 1.64. The zero-order chi connectivity index (χ0) is 19.9. The fourth-order valence-electron chi connectivity index (χ4n) is 3.03. The molecule has 1 fully saturated rings. The highest BCUT2D eigenvalue weighted by atomic mass is 19.3. The Labute approximate surface area is 162 Å². The molecule has 2 aromatic rings. The summed E-state index contributed by atoms with van der Waals surface area (Å²) in [6.45, 7) is -0.110. The smallest absolute Gasteiger partial charge is 0.387 e. The van der Waals surface area contributed by atoms with Crippen LogP contribution in [0, 0.1) is 0 Å². The number of alkyl halides is 2. The standard InChI is InChI=1S/C21H22F2N2O3/c1-27-19-4-2-3-17(15-19)24-11-13-25(14-12-24)20(26)10-7-16-5-8-18(9-6-16)28-21(22)23/h2-10,15,21H,11-14H2,1H3. The van der Waals surface area contributed by atoms with Crippen molar-refractivity contribution in [1.29, 1.82) is 0 Å². The SMILES string of the molecule is COc1cccc(N2CCN(C(=O)C=Cc3ccc(OC(F)F)cc3)CC2)c1. The molecule has 1 saturated heterocycles. The summed E-state index contributed by atoms with van der Waals surface area (Å²) in [5, 5.41) is 0. The first kappa shape index (κ1) is 19.7. The van der Waals surface area contributed by atoms with Gasteiger partial charge in [-0.1, -0.05) is 18.2 Å². The Balaban J connectivity index is 1.52. The molecule has 7 heteroatoms. The Hall–Kier alpha value is -3.09. The first-order valence-electron chi connectivity index (χ1n) is 8.96. The molecule has 0 bridgehead atoms. The van der Waals surface area contributed by atoms with Crippen molar-refractivity contribution in [2.24, 2.45) is 0 Å². The molecule has 1 heterocycles. The van der Waals surface area contributed by atoms with E-state index in [4.69, 9.17) is 4.74 Å². The van der Waals surface area contributed by atoms with Crippen molar-refractivity contribution in [2.75, 3.05) is 38.2 Å². The number of carbonyl (C=O) groups is 1. The first-order valence-corrected chi connectivity index (χ1v) is 8.96. The molecule has 0 spiro atoms. The third-order valence-electron chi connectivity index (χ3n) is 4.53. The van der Waals surface area contributed by atoms with E-state index in [1.54, 1.807) is 30.2 Å². The molecule has 2 aromatic carbocycles. The molecule has 0 radical (unpaired) electrons. The van der Waals surface area contributed by atoms with Gasteiger partial charge in [0.05, 0.1) is 7.11 Å². The maximum atomic E-state index is 12.4. The summed E-state index contributed by atoms with van der Waals surface area (Å²) in [6, 6.07) is 14.0. The van der Waals surface area contributed by atoms with E-state index in [-0.39, 0.29) is 11.7 Å². The van der Waals surface area contributed by atoms with Gasteiger partial charge >= 0.3 is 6.61 Å². The number of nitrogens with zero attached hydrogens (tertiary/aromatic N) is 2. The summed E-state index contributed by atoms with van der Waals surface area (Å²) in [4.78, 5) is 16.4. The highest BCUT2D eigenvalue weighted by molar-refractivity contribution is 5.92. The van der Waals surface area contributed by atoms with Gasteiger partial charge in [0.15, 0.2) is 0 Å². The number of amides is 1. The zero-order valence-corrected chi connectivity index (χ0v) is 15.6. The predicted octanol–water partition coefficient (Wildman–Crippen LogP) is 3.66. The molecule has 0 aliphatic carbocycles.